The van der Waals surface area contributed by atoms with Crippen LogP contribution in [0.2, 0.25) is 0 Å². The Morgan fingerprint density at radius 3 is 2.45 bits per heavy atom. The third-order valence-corrected chi connectivity index (χ3v) is 9.67. The molecule has 0 amide bonds. The number of rotatable bonds is 6. The van der Waals surface area contributed by atoms with E-state index in [0.717, 1.165) is 31.6 Å². The molecule has 2 aliphatic rings. The Morgan fingerprint density at radius 1 is 0.979 bits per heavy atom. The molecule has 6 heterocycles. The molecular weight excluding hydrogens is 592 g/mol. The van der Waals surface area contributed by atoms with Crippen molar-refractivity contribution >= 4 is 22.7 Å². The number of nitrogens with zero attached hydrogens (tertiary/aromatic N) is 7. The van der Waals surface area contributed by atoms with Gasteiger partial charge >= 0.3 is 0 Å². The minimum absolute atomic E-state index is 0.172. The van der Waals surface area contributed by atoms with Gasteiger partial charge in [0.2, 0.25) is 0 Å². The third kappa shape index (κ3) is 5.43. The number of aromatic nitrogens is 5. The fourth-order valence-electron chi connectivity index (χ4n) is 7.74. The SMILES string of the molecule is C[C@H]1CN(C)C[C@H](C)N1c1ccc(Nc2cc(-c3ccnc(-n4ccn5c6c(cc5c4=O)CC(C)(C)C6)c3CO)cn(C)c2=O)nc1. The Labute approximate surface area is 273 Å². The molecule has 0 spiro atoms. The maximum Gasteiger partial charge on any atom is 0.280 e. The van der Waals surface area contributed by atoms with Crippen molar-refractivity contribution in [1.82, 2.24) is 28.4 Å². The van der Waals surface area contributed by atoms with Gasteiger partial charge in [-0.2, -0.15) is 0 Å². The molecule has 5 aromatic rings. The fraction of sp³-hybridized carbons (Fsp3) is 0.389. The number of hydrogen-bond acceptors (Lipinski definition) is 8. The van der Waals surface area contributed by atoms with Crippen LogP contribution in [0.4, 0.5) is 17.2 Å². The zero-order chi connectivity index (χ0) is 33.2. The van der Waals surface area contributed by atoms with E-state index in [1.807, 2.05) is 35.0 Å². The number of nitrogens with one attached hydrogen (secondary N) is 1. The summed E-state index contributed by atoms with van der Waals surface area (Å²) >= 11 is 0. The largest absolute Gasteiger partial charge is 0.392 e. The number of aliphatic hydroxyl groups is 1. The number of fused-ring (bicyclic) bond motifs is 3. The van der Waals surface area contributed by atoms with Crippen molar-refractivity contribution < 1.29 is 5.11 Å². The van der Waals surface area contributed by atoms with Crippen LogP contribution in [0.1, 0.15) is 44.5 Å². The second kappa shape index (κ2) is 11.5. The van der Waals surface area contributed by atoms with Gasteiger partial charge in [-0.3, -0.25) is 14.2 Å². The number of aliphatic hydroxyl groups excluding tert-OH is 1. The molecule has 1 aliphatic carbocycles. The molecule has 1 aliphatic heterocycles. The van der Waals surface area contributed by atoms with E-state index in [4.69, 9.17) is 0 Å². The van der Waals surface area contributed by atoms with Crippen molar-refractivity contribution in [2.24, 2.45) is 12.5 Å². The average molecular weight is 635 g/mol. The molecule has 2 atom stereocenters. The lowest BCUT2D eigenvalue weighted by molar-refractivity contribution is 0.240. The van der Waals surface area contributed by atoms with Gasteiger partial charge in [0.1, 0.15) is 22.8 Å². The first kappa shape index (κ1) is 30.9. The van der Waals surface area contributed by atoms with E-state index in [0.29, 0.717) is 51.6 Å². The normalized spacial score (nSPS) is 19.3. The van der Waals surface area contributed by atoms with Gasteiger partial charge in [0.15, 0.2) is 0 Å². The maximum absolute atomic E-state index is 13.8. The molecule has 47 heavy (non-hydrogen) atoms. The van der Waals surface area contributed by atoms with Gasteiger partial charge in [0.05, 0.1) is 18.5 Å². The minimum atomic E-state index is -0.348. The zero-order valence-corrected chi connectivity index (χ0v) is 27.9. The van der Waals surface area contributed by atoms with E-state index < -0.39 is 0 Å². The summed E-state index contributed by atoms with van der Waals surface area (Å²) in [6.07, 6.45) is 10.7. The summed E-state index contributed by atoms with van der Waals surface area (Å²) in [4.78, 5) is 41.0. The standard InChI is InChI=1S/C36H42N8O3/c1-22-18-40(5)19-23(2)44(22)26-7-8-32(38-17-26)39-29-13-25(20-41(6)34(29)46)27-9-10-37-33(28(27)21-45)43-12-11-42-30(35(43)47)14-24-15-36(3,4)16-31(24)42/h7-14,17,20,22-23,45H,15-16,18-19,21H2,1-6H3,(H,38,39)/t22-,23-/m0/s1. The summed E-state index contributed by atoms with van der Waals surface area (Å²) in [7, 11) is 3.84. The van der Waals surface area contributed by atoms with Crippen LogP contribution in [-0.2, 0) is 26.5 Å². The minimum Gasteiger partial charge on any atom is -0.392 e. The summed E-state index contributed by atoms with van der Waals surface area (Å²) in [5, 5.41) is 13.8. The first-order valence-corrected chi connectivity index (χ1v) is 16.2. The molecule has 11 heteroatoms. The third-order valence-electron chi connectivity index (χ3n) is 9.67. The zero-order valence-electron chi connectivity index (χ0n) is 27.9. The van der Waals surface area contributed by atoms with Crippen LogP contribution < -0.4 is 21.3 Å². The summed E-state index contributed by atoms with van der Waals surface area (Å²) in [5.74, 6) is 0.907. The molecule has 11 nitrogen and oxygen atoms in total. The van der Waals surface area contributed by atoms with Crippen LogP contribution in [0.25, 0.3) is 22.5 Å². The highest BCUT2D eigenvalue weighted by Gasteiger charge is 2.32. The van der Waals surface area contributed by atoms with Gasteiger partial charge in [-0.15, -0.1) is 0 Å². The summed E-state index contributed by atoms with van der Waals surface area (Å²) in [6, 6.07) is 10.2. The Bertz CT molecular complexity index is 2100. The Morgan fingerprint density at radius 2 is 1.74 bits per heavy atom. The lowest BCUT2D eigenvalue weighted by Crippen LogP contribution is -2.55. The van der Waals surface area contributed by atoms with E-state index in [9.17, 15) is 14.7 Å². The van der Waals surface area contributed by atoms with Crippen molar-refractivity contribution in [3.05, 3.63) is 98.8 Å². The van der Waals surface area contributed by atoms with Crippen LogP contribution in [0, 0.1) is 5.41 Å². The second-order valence-corrected chi connectivity index (χ2v) is 14.1. The Kier molecular flexibility index (Phi) is 7.56. The topological polar surface area (TPSA) is 113 Å². The first-order chi connectivity index (χ1) is 22.4. The number of piperazine rings is 1. The molecule has 0 bridgehead atoms. The summed E-state index contributed by atoms with van der Waals surface area (Å²) in [6.45, 7) is 10.5. The van der Waals surface area contributed by atoms with Crippen LogP contribution in [0.15, 0.2) is 70.9 Å². The molecule has 7 rings (SSSR count). The van der Waals surface area contributed by atoms with E-state index in [1.165, 1.54) is 20.4 Å². The van der Waals surface area contributed by atoms with E-state index in [1.54, 1.807) is 37.8 Å². The predicted molar refractivity (Wildman–Crippen MR) is 185 cm³/mol. The average Bonchev–Trinajstić information content (AvgIpc) is 3.51. The van der Waals surface area contributed by atoms with Crippen LogP contribution in [-0.4, -0.2) is 65.7 Å². The van der Waals surface area contributed by atoms with E-state index in [2.05, 4.69) is 59.8 Å². The molecule has 0 unspecified atom stereocenters. The Hall–Kier alpha value is -4.74. The highest BCUT2D eigenvalue weighted by molar-refractivity contribution is 5.73. The van der Waals surface area contributed by atoms with Gasteiger partial charge in [-0.05, 0) is 80.6 Å². The van der Waals surface area contributed by atoms with Crippen molar-refractivity contribution in [3.8, 4) is 16.9 Å². The quantitative estimate of drug-likeness (QED) is 0.287. The van der Waals surface area contributed by atoms with E-state index >= 15 is 0 Å². The van der Waals surface area contributed by atoms with Crippen molar-refractivity contribution in [2.75, 3.05) is 30.4 Å². The molecule has 0 saturated carbocycles. The molecule has 2 N–H and O–H groups in total. The molecule has 0 radical (unpaired) electrons. The maximum atomic E-state index is 13.8. The second-order valence-electron chi connectivity index (χ2n) is 14.1. The molecule has 1 fully saturated rings. The lowest BCUT2D eigenvalue weighted by atomic mass is 9.90. The number of anilines is 3. The summed E-state index contributed by atoms with van der Waals surface area (Å²) < 4.78 is 4.99. The number of hydrogen-bond donors (Lipinski definition) is 2. The lowest BCUT2D eigenvalue weighted by Gasteiger charge is -2.44. The smallest absolute Gasteiger partial charge is 0.280 e. The van der Waals surface area contributed by atoms with Gasteiger partial charge < -0.3 is 29.2 Å². The molecule has 0 aromatic carbocycles. The van der Waals surface area contributed by atoms with Gasteiger partial charge in [0, 0.05) is 73.8 Å². The molecule has 1 saturated heterocycles. The fourth-order valence-corrected chi connectivity index (χ4v) is 7.74. The number of pyridine rings is 3. The van der Waals surface area contributed by atoms with Crippen LogP contribution >= 0.6 is 0 Å². The van der Waals surface area contributed by atoms with Crippen molar-refractivity contribution in [2.45, 2.75) is 59.2 Å². The van der Waals surface area contributed by atoms with Crippen molar-refractivity contribution in [1.29, 1.82) is 0 Å². The number of likely N-dealkylation sites (N-methyl/N-ethyl adjacent to an activating group) is 1. The summed E-state index contributed by atoms with van der Waals surface area (Å²) in [5.41, 5.74) is 5.97. The van der Waals surface area contributed by atoms with Gasteiger partial charge in [-0.25, -0.2) is 9.97 Å². The van der Waals surface area contributed by atoms with Crippen LogP contribution in [0.5, 0.6) is 0 Å². The highest BCUT2D eigenvalue weighted by atomic mass is 16.3. The highest BCUT2D eigenvalue weighted by Crippen LogP contribution is 2.37. The molecular formula is C36H42N8O3. The van der Waals surface area contributed by atoms with Crippen molar-refractivity contribution in [3.63, 3.8) is 0 Å². The molecule has 5 aromatic heterocycles. The van der Waals surface area contributed by atoms with Crippen LogP contribution in [0.3, 0.4) is 0 Å². The first-order valence-electron chi connectivity index (χ1n) is 16.2. The number of aryl methyl sites for hydroxylation is 1. The Balaban J connectivity index is 1.22. The van der Waals surface area contributed by atoms with E-state index in [-0.39, 0.29) is 23.1 Å². The monoisotopic (exact) mass is 634 g/mol. The van der Waals surface area contributed by atoms with Gasteiger partial charge in [0.25, 0.3) is 11.1 Å². The molecule has 244 valence electrons. The predicted octanol–water partition coefficient (Wildman–Crippen LogP) is 4.14. The van der Waals surface area contributed by atoms with Gasteiger partial charge in [-0.1, -0.05) is 13.8 Å².